The predicted molar refractivity (Wildman–Crippen MR) is 117 cm³/mol. The number of aromatic carboxylic acids is 1. The number of hydrogen-bond donors (Lipinski definition) is 3. The maximum absolute atomic E-state index is 12.3. The zero-order chi connectivity index (χ0) is 22.5. The van der Waals surface area contributed by atoms with Crippen LogP contribution >= 0.6 is 0 Å². The lowest BCUT2D eigenvalue weighted by Crippen LogP contribution is -2.19. The standard InChI is InChI=1S/C23H24N4O4/c1-4-5-15-6-8-16(9-7-15)20-21(28)19(26-27(20)3)14(2)24-25-22(29)17-10-12-18(13-11-17)23(30)31/h6-13,28H,4-5H2,1-3H3,(H,25,29)(H,30,31)/b24-14+. The molecule has 8 nitrogen and oxygen atoms in total. The second-order valence-corrected chi connectivity index (χ2v) is 7.14. The normalized spacial score (nSPS) is 11.4. The molecule has 0 fully saturated rings. The van der Waals surface area contributed by atoms with Crippen LogP contribution in [-0.4, -0.2) is 37.6 Å². The van der Waals surface area contributed by atoms with Crippen LogP contribution in [0.3, 0.4) is 0 Å². The average Bonchev–Trinajstić information content (AvgIpc) is 3.06. The van der Waals surface area contributed by atoms with Crippen molar-refractivity contribution < 1.29 is 19.8 Å². The first-order valence-electron chi connectivity index (χ1n) is 9.85. The Morgan fingerprint density at radius 2 is 1.68 bits per heavy atom. The first-order valence-corrected chi connectivity index (χ1v) is 9.85. The van der Waals surface area contributed by atoms with Crippen molar-refractivity contribution in [3.05, 3.63) is 70.9 Å². The van der Waals surface area contributed by atoms with Gasteiger partial charge in [-0.3, -0.25) is 9.48 Å². The van der Waals surface area contributed by atoms with Gasteiger partial charge in [0, 0.05) is 18.2 Å². The number of carboxylic acids is 1. The van der Waals surface area contributed by atoms with E-state index in [9.17, 15) is 14.7 Å². The van der Waals surface area contributed by atoms with E-state index < -0.39 is 11.9 Å². The van der Waals surface area contributed by atoms with Crippen molar-refractivity contribution >= 4 is 17.6 Å². The van der Waals surface area contributed by atoms with Gasteiger partial charge in [-0.2, -0.15) is 10.2 Å². The Hall–Kier alpha value is -3.94. The largest absolute Gasteiger partial charge is 0.504 e. The van der Waals surface area contributed by atoms with Crippen LogP contribution in [0.1, 0.15) is 52.2 Å². The molecule has 0 aliphatic rings. The van der Waals surface area contributed by atoms with Crippen molar-refractivity contribution in [1.82, 2.24) is 15.2 Å². The van der Waals surface area contributed by atoms with Crippen LogP contribution < -0.4 is 5.43 Å². The number of hydrogen-bond acceptors (Lipinski definition) is 5. The maximum atomic E-state index is 12.3. The van der Waals surface area contributed by atoms with E-state index in [4.69, 9.17) is 5.11 Å². The molecule has 1 aromatic heterocycles. The predicted octanol–water partition coefficient (Wildman–Crippen LogP) is 3.60. The minimum absolute atomic E-state index is 0.0212. The molecule has 0 radical (unpaired) electrons. The molecule has 0 spiro atoms. The molecule has 3 rings (SSSR count). The highest BCUT2D eigenvalue weighted by Crippen LogP contribution is 2.32. The number of benzene rings is 2. The molecule has 0 saturated carbocycles. The van der Waals surface area contributed by atoms with E-state index in [0.717, 1.165) is 18.4 Å². The van der Waals surface area contributed by atoms with E-state index in [0.29, 0.717) is 11.4 Å². The lowest BCUT2D eigenvalue weighted by Gasteiger charge is -2.05. The van der Waals surface area contributed by atoms with Crippen molar-refractivity contribution in [2.24, 2.45) is 12.1 Å². The smallest absolute Gasteiger partial charge is 0.335 e. The summed E-state index contributed by atoms with van der Waals surface area (Å²) in [7, 11) is 1.73. The number of hydrazone groups is 1. The summed E-state index contributed by atoms with van der Waals surface area (Å²) in [5.41, 5.74) is 5.96. The summed E-state index contributed by atoms with van der Waals surface area (Å²) < 4.78 is 1.57. The molecule has 8 heteroatoms. The van der Waals surface area contributed by atoms with Gasteiger partial charge in [-0.05, 0) is 43.2 Å². The molecular weight excluding hydrogens is 396 g/mol. The molecule has 2 aromatic carbocycles. The molecule has 1 heterocycles. The molecule has 3 N–H and O–H groups in total. The SMILES string of the molecule is CCCc1ccc(-c2c(O)c(/C(C)=N/NC(=O)c3ccc(C(=O)O)cc3)nn2C)cc1. The van der Waals surface area contributed by atoms with Crippen molar-refractivity contribution in [1.29, 1.82) is 0 Å². The summed E-state index contributed by atoms with van der Waals surface area (Å²) in [6.07, 6.45) is 2.05. The highest BCUT2D eigenvalue weighted by Gasteiger charge is 2.19. The summed E-state index contributed by atoms with van der Waals surface area (Å²) >= 11 is 0. The third kappa shape index (κ3) is 4.80. The molecule has 0 saturated heterocycles. The number of nitrogens with zero attached hydrogens (tertiary/aromatic N) is 3. The fourth-order valence-electron chi connectivity index (χ4n) is 3.21. The Balaban J connectivity index is 1.79. The number of aromatic hydroxyl groups is 1. The Morgan fingerprint density at radius 3 is 2.26 bits per heavy atom. The highest BCUT2D eigenvalue weighted by molar-refractivity contribution is 6.02. The second-order valence-electron chi connectivity index (χ2n) is 7.14. The van der Waals surface area contributed by atoms with Gasteiger partial charge in [0.1, 0.15) is 5.69 Å². The van der Waals surface area contributed by atoms with Gasteiger partial charge in [-0.25, -0.2) is 10.2 Å². The number of carboxylic acid groups (broad SMARTS) is 1. The maximum Gasteiger partial charge on any atom is 0.335 e. The molecule has 31 heavy (non-hydrogen) atoms. The second kappa shape index (κ2) is 9.25. The number of nitrogens with one attached hydrogen (secondary N) is 1. The summed E-state index contributed by atoms with van der Waals surface area (Å²) in [5.74, 6) is -1.59. The zero-order valence-electron chi connectivity index (χ0n) is 17.6. The summed E-state index contributed by atoms with van der Waals surface area (Å²) in [6.45, 7) is 3.75. The minimum atomic E-state index is -1.07. The van der Waals surface area contributed by atoms with E-state index >= 15 is 0 Å². The Kier molecular flexibility index (Phi) is 6.49. The Labute approximate surface area is 179 Å². The van der Waals surface area contributed by atoms with Crippen LogP contribution in [0.5, 0.6) is 5.75 Å². The molecule has 0 atom stereocenters. The first-order chi connectivity index (χ1) is 14.8. The highest BCUT2D eigenvalue weighted by atomic mass is 16.4. The topological polar surface area (TPSA) is 117 Å². The van der Waals surface area contributed by atoms with Gasteiger partial charge >= 0.3 is 5.97 Å². The molecule has 160 valence electrons. The minimum Gasteiger partial charge on any atom is -0.504 e. The van der Waals surface area contributed by atoms with Crippen LogP contribution in [0.25, 0.3) is 11.3 Å². The van der Waals surface area contributed by atoms with Gasteiger partial charge in [-0.15, -0.1) is 0 Å². The van der Waals surface area contributed by atoms with Gasteiger partial charge in [0.2, 0.25) is 0 Å². The quantitative estimate of drug-likeness (QED) is 0.399. The summed E-state index contributed by atoms with van der Waals surface area (Å²) in [6, 6.07) is 13.4. The van der Waals surface area contributed by atoms with Gasteiger partial charge < -0.3 is 10.2 Å². The number of amides is 1. The van der Waals surface area contributed by atoms with Gasteiger partial charge in [0.15, 0.2) is 11.4 Å². The third-order valence-electron chi connectivity index (χ3n) is 4.85. The van der Waals surface area contributed by atoms with Crippen molar-refractivity contribution in [3.8, 4) is 17.0 Å². The number of rotatable bonds is 7. The number of carbonyl (C=O) groups excluding carboxylic acids is 1. The van der Waals surface area contributed by atoms with E-state index in [1.165, 1.54) is 29.8 Å². The van der Waals surface area contributed by atoms with Crippen LogP contribution in [0.15, 0.2) is 53.6 Å². The number of aryl methyl sites for hydroxylation is 2. The average molecular weight is 420 g/mol. The summed E-state index contributed by atoms with van der Waals surface area (Å²) in [5, 5.41) is 28.1. The third-order valence-corrected chi connectivity index (χ3v) is 4.85. The zero-order valence-corrected chi connectivity index (χ0v) is 17.6. The Bertz CT molecular complexity index is 1130. The van der Waals surface area contributed by atoms with Crippen molar-refractivity contribution in [3.63, 3.8) is 0 Å². The molecule has 0 unspecified atom stereocenters. The van der Waals surface area contributed by atoms with E-state index in [2.05, 4.69) is 22.5 Å². The van der Waals surface area contributed by atoms with Gasteiger partial charge in [0.25, 0.3) is 5.91 Å². The molecule has 3 aromatic rings. The van der Waals surface area contributed by atoms with Gasteiger partial charge in [-0.1, -0.05) is 37.6 Å². The fraction of sp³-hybridized carbons (Fsp3) is 0.217. The van der Waals surface area contributed by atoms with E-state index in [-0.39, 0.29) is 22.6 Å². The Morgan fingerprint density at radius 1 is 1.06 bits per heavy atom. The number of aromatic nitrogens is 2. The number of carbonyl (C=O) groups is 2. The van der Waals surface area contributed by atoms with Crippen LogP contribution in [0, 0.1) is 0 Å². The lowest BCUT2D eigenvalue weighted by atomic mass is 10.0. The lowest BCUT2D eigenvalue weighted by molar-refractivity contribution is 0.0696. The molecular formula is C23H24N4O4. The fourth-order valence-corrected chi connectivity index (χ4v) is 3.21. The first kappa shape index (κ1) is 21.8. The molecule has 0 aliphatic carbocycles. The van der Waals surface area contributed by atoms with Crippen LogP contribution in [0.2, 0.25) is 0 Å². The van der Waals surface area contributed by atoms with E-state index in [1.54, 1.807) is 18.7 Å². The van der Waals surface area contributed by atoms with E-state index in [1.807, 2.05) is 24.3 Å². The monoisotopic (exact) mass is 420 g/mol. The van der Waals surface area contributed by atoms with Crippen LogP contribution in [0.4, 0.5) is 0 Å². The molecule has 0 aliphatic heterocycles. The van der Waals surface area contributed by atoms with Crippen molar-refractivity contribution in [2.75, 3.05) is 0 Å². The summed E-state index contributed by atoms with van der Waals surface area (Å²) in [4.78, 5) is 23.2. The van der Waals surface area contributed by atoms with Crippen LogP contribution in [-0.2, 0) is 13.5 Å². The molecule has 0 bridgehead atoms. The molecule has 1 amide bonds. The van der Waals surface area contributed by atoms with Gasteiger partial charge in [0.05, 0.1) is 11.3 Å². The van der Waals surface area contributed by atoms with Crippen molar-refractivity contribution in [2.45, 2.75) is 26.7 Å².